The number of hydrogen-bond donors (Lipinski definition) is 0. The van der Waals surface area contributed by atoms with Gasteiger partial charge in [-0.15, -0.1) is 0 Å². The van der Waals surface area contributed by atoms with E-state index in [9.17, 15) is 0 Å². The minimum Gasteiger partial charge on any atom is -0.0996 e. The van der Waals surface area contributed by atoms with E-state index in [-0.39, 0.29) is 0 Å². The lowest BCUT2D eigenvalue weighted by molar-refractivity contribution is 0.241. The SMILES string of the molecule is BC(C)C(C)C(C)(CC)C(=C)C. The van der Waals surface area contributed by atoms with Gasteiger partial charge in [-0.1, -0.05) is 45.7 Å². The lowest BCUT2D eigenvalue weighted by atomic mass is 9.62. The summed E-state index contributed by atoms with van der Waals surface area (Å²) < 4.78 is 0. The standard InChI is InChI=1S/C11H23B/c1-7-11(6,8(2)3)9(4)10(5)12/h9-10H,2,7,12H2,1,3-6H3. The smallest absolute Gasteiger partial charge is 0.0996 e. The van der Waals surface area contributed by atoms with E-state index in [1.54, 1.807) is 0 Å². The molecule has 0 N–H and O–H groups in total. The van der Waals surface area contributed by atoms with Crippen LogP contribution in [-0.4, -0.2) is 7.85 Å². The van der Waals surface area contributed by atoms with Crippen LogP contribution in [0.3, 0.4) is 0 Å². The van der Waals surface area contributed by atoms with Crippen molar-refractivity contribution in [3.63, 3.8) is 0 Å². The molecular weight excluding hydrogens is 143 g/mol. The minimum absolute atomic E-state index is 0.328. The molecule has 0 nitrogen and oxygen atoms in total. The van der Waals surface area contributed by atoms with Crippen molar-refractivity contribution in [1.29, 1.82) is 0 Å². The highest BCUT2D eigenvalue weighted by Crippen LogP contribution is 2.42. The Bertz CT molecular complexity index is 160. The molecule has 0 heterocycles. The fourth-order valence-electron chi connectivity index (χ4n) is 1.75. The molecule has 0 aliphatic heterocycles. The van der Waals surface area contributed by atoms with E-state index in [4.69, 9.17) is 0 Å². The summed E-state index contributed by atoms with van der Waals surface area (Å²) in [6.45, 7) is 15.5. The van der Waals surface area contributed by atoms with Crippen molar-refractivity contribution in [2.75, 3.05) is 0 Å². The minimum atomic E-state index is 0.328. The van der Waals surface area contributed by atoms with Crippen LogP contribution in [0.5, 0.6) is 0 Å². The normalized spacial score (nSPS) is 21.1. The van der Waals surface area contributed by atoms with Gasteiger partial charge < -0.3 is 0 Å². The van der Waals surface area contributed by atoms with Gasteiger partial charge in [0.15, 0.2) is 0 Å². The third kappa shape index (κ3) is 2.15. The van der Waals surface area contributed by atoms with Crippen LogP contribution >= 0.6 is 0 Å². The van der Waals surface area contributed by atoms with E-state index in [1.807, 2.05) is 0 Å². The molecule has 3 atom stereocenters. The fraction of sp³-hybridized carbons (Fsp3) is 0.818. The molecule has 0 fully saturated rings. The Kier molecular flexibility index (Phi) is 4.09. The highest BCUT2D eigenvalue weighted by Gasteiger charge is 2.31. The van der Waals surface area contributed by atoms with Crippen molar-refractivity contribution in [2.24, 2.45) is 11.3 Å². The van der Waals surface area contributed by atoms with Gasteiger partial charge in [-0.05, 0) is 24.7 Å². The van der Waals surface area contributed by atoms with E-state index in [0.29, 0.717) is 5.41 Å². The monoisotopic (exact) mass is 166 g/mol. The second-order valence-corrected chi connectivity index (χ2v) is 4.58. The van der Waals surface area contributed by atoms with Crippen LogP contribution in [0.25, 0.3) is 0 Å². The topological polar surface area (TPSA) is 0 Å². The molecule has 0 radical (unpaired) electrons. The molecule has 0 spiro atoms. The molecule has 0 amide bonds. The molecule has 0 aliphatic carbocycles. The molecule has 0 saturated carbocycles. The molecule has 3 unspecified atom stereocenters. The van der Waals surface area contributed by atoms with Crippen molar-refractivity contribution in [3.05, 3.63) is 12.2 Å². The molecule has 12 heavy (non-hydrogen) atoms. The third-order valence-electron chi connectivity index (χ3n) is 3.71. The first-order chi connectivity index (χ1) is 5.36. The first kappa shape index (κ1) is 11.8. The maximum atomic E-state index is 4.10. The molecule has 0 aromatic rings. The zero-order valence-corrected chi connectivity index (χ0v) is 9.57. The lowest BCUT2D eigenvalue weighted by Crippen LogP contribution is -2.28. The second-order valence-electron chi connectivity index (χ2n) is 4.58. The number of hydrogen-bond acceptors (Lipinski definition) is 0. The summed E-state index contributed by atoms with van der Waals surface area (Å²) in [5.74, 6) is 1.46. The summed E-state index contributed by atoms with van der Waals surface area (Å²) in [7, 11) is 2.29. The number of allylic oxidation sites excluding steroid dienone is 1. The second kappa shape index (κ2) is 4.16. The third-order valence-corrected chi connectivity index (χ3v) is 3.71. The molecule has 70 valence electrons. The van der Waals surface area contributed by atoms with Crippen molar-refractivity contribution in [1.82, 2.24) is 0 Å². The van der Waals surface area contributed by atoms with Crippen molar-refractivity contribution < 1.29 is 0 Å². The van der Waals surface area contributed by atoms with Gasteiger partial charge >= 0.3 is 0 Å². The van der Waals surface area contributed by atoms with Crippen LogP contribution < -0.4 is 0 Å². The van der Waals surface area contributed by atoms with E-state index < -0.39 is 0 Å². The van der Waals surface area contributed by atoms with Crippen molar-refractivity contribution in [3.8, 4) is 0 Å². The van der Waals surface area contributed by atoms with E-state index in [0.717, 1.165) is 11.7 Å². The predicted molar refractivity (Wildman–Crippen MR) is 60.3 cm³/mol. The summed E-state index contributed by atoms with van der Waals surface area (Å²) in [6, 6.07) is 0. The van der Waals surface area contributed by atoms with E-state index in [2.05, 4.69) is 49.0 Å². The van der Waals surface area contributed by atoms with Crippen LogP contribution in [0, 0.1) is 11.3 Å². The van der Waals surface area contributed by atoms with Gasteiger partial charge in [0.05, 0.1) is 0 Å². The lowest BCUT2D eigenvalue weighted by Gasteiger charge is -2.38. The van der Waals surface area contributed by atoms with Gasteiger partial charge in [-0.3, -0.25) is 0 Å². The van der Waals surface area contributed by atoms with Crippen LogP contribution in [0.1, 0.15) is 41.0 Å². The maximum Gasteiger partial charge on any atom is 0.105 e. The van der Waals surface area contributed by atoms with Gasteiger partial charge in [-0.25, -0.2) is 0 Å². The average molecular weight is 166 g/mol. The largest absolute Gasteiger partial charge is 0.105 e. The molecule has 0 aromatic carbocycles. The maximum absolute atomic E-state index is 4.10. The highest BCUT2D eigenvalue weighted by atomic mass is 14.3. The zero-order chi connectivity index (χ0) is 9.94. The molecule has 0 aromatic heterocycles. The Morgan fingerprint density at radius 2 is 1.92 bits per heavy atom. The van der Waals surface area contributed by atoms with Gasteiger partial charge in [0.25, 0.3) is 0 Å². The first-order valence-electron chi connectivity index (χ1n) is 5.02. The van der Waals surface area contributed by atoms with Crippen LogP contribution in [0.2, 0.25) is 5.82 Å². The Balaban J connectivity index is 4.63. The van der Waals surface area contributed by atoms with Gasteiger partial charge in [-0.2, -0.15) is 0 Å². The zero-order valence-electron chi connectivity index (χ0n) is 9.57. The van der Waals surface area contributed by atoms with Crippen LogP contribution in [0.15, 0.2) is 12.2 Å². The summed E-state index contributed by atoms with van der Waals surface area (Å²) in [4.78, 5) is 0. The molecule has 1 heteroatoms. The van der Waals surface area contributed by atoms with Crippen LogP contribution in [0.4, 0.5) is 0 Å². The quantitative estimate of drug-likeness (QED) is 0.444. The summed E-state index contributed by atoms with van der Waals surface area (Å²) in [6.07, 6.45) is 1.20. The Morgan fingerprint density at radius 1 is 1.50 bits per heavy atom. The predicted octanol–water partition coefficient (Wildman–Crippen LogP) is 3.06. The average Bonchev–Trinajstić information content (AvgIpc) is 2.01. The molecule has 0 bridgehead atoms. The number of rotatable bonds is 4. The van der Waals surface area contributed by atoms with Crippen molar-refractivity contribution in [2.45, 2.75) is 46.9 Å². The Morgan fingerprint density at radius 3 is 2.00 bits per heavy atom. The summed E-state index contributed by atoms with van der Waals surface area (Å²) in [5.41, 5.74) is 1.65. The summed E-state index contributed by atoms with van der Waals surface area (Å²) >= 11 is 0. The molecule has 0 saturated heterocycles. The fourth-order valence-corrected chi connectivity index (χ4v) is 1.75. The van der Waals surface area contributed by atoms with E-state index in [1.165, 1.54) is 12.0 Å². The van der Waals surface area contributed by atoms with Crippen molar-refractivity contribution >= 4 is 7.85 Å². The molecular formula is C11H23B. The first-order valence-corrected chi connectivity index (χ1v) is 5.02. The summed E-state index contributed by atoms with van der Waals surface area (Å²) in [5, 5.41) is 0. The van der Waals surface area contributed by atoms with E-state index >= 15 is 0 Å². The molecule has 0 aliphatic rings. The Hall–Kier alpha value is -0.195. The van der Waals surface area contributed by atoms with Gasteiger partial charge in [0.2, 0.25) is 0 Å². The van der Waals surface area contributed by atoms with Gasteiger partial charge in [0, 0.05) is 0 Å². The Labute approximate surface area is 78.9 Å². The van der Waals surface area contributed by atoms with Gasteiger partial charge in [0.1, 0.15) is 7.85 Å². The van der Waals surface area contributed by atoms with Crippen LogP contribution in [-0.2, 0) is 0 Å². The molecule has 0 rings (SSSR count). The highest BCUT2D eigenvalue weighted by molar-refractivity contribution is 6.11.